The van der Waals surface area contributed by atoms with E-state index in [0.717, 1.165) is 5.46 Å². The zero-order chi connectivity index (χ0) is 14.5. The van der Waals surface area contributed by atoms with Gasteiger partial charge in [-0.05, 0) is 72.6 Å². The molecule has 1 aliphatic rings. The second-order valence-electron chi connectivity index (χ2n) is 6.31. The van der Waals surface area contributed by atoms with Crippen molar-refractivity contribution in [2.45, 2.75) is 38.9 Å². The van der Waals surface area contributed by atoms with E-state index in [1.807, 2.05) is 0 Å². The molecule has 2 aromatic rings. The number of rotatable bonds is 1. The molecule has 0 radical (unpaired) electrons. The largest absolute Gasteiger partial charge is 0.494 e. The third kappa shape index (κ3) is 2.28. The molecule has 104 valence electrons. The molecular weight excluding hydrogens is 362 g/mol. The molecule has 0 aromatic heterocycles. The van der Waals surface area contributed by atoms with Crippen molar-refractivity contribution in [1.29, 1.82) is 0 Å². The molecule has 1 saturated heterocycles. The molecule has 0 aliphatic carbocycles. The molecule has 0 bridgehead atoms. The lowest BCUT2D eigenvalue weighted by Gasteiger charge is -2.32. The van der Waals surface area contributed by atoms with E-state index in [-0.39, 0.29) is 18.3 Å². The fraction of sp³-hybridized carbons (Fsp3) is 0.375. The van der Waals surface area contributed by atoms with Crippen molar-refractivity contribution in [2.24, 2.45) is 0 Å². The van der Waals surface area contributed by atoms with Crippen LogP contribution in [-0.2, 0) is 9.31 Å². The first kappa shape index (κ1) is 14.4. The van der Waals surface area contributed by atoms with Crippen molar-refractivity contribution >= 4 is 45.9 Å². The maximum Gasteiger partial charge on any atom is 0.494 e. The zero-order valence-corrected chi connectivity index (χ0v) is 14.4. The highest BCUT2D eigenvalue weighted by atomic mass is 127. The molecular formula is C16H18BIO2. The number of hydrogen-bond acceptors (Lipinski definition) is 2. The predicted octanol–water partition coefficient (Wildman–Crippen LogP) is 3.74. The average molecular weight is 380 g/mol. The highest BCUT2D eigenvalue weighted by Gasteiger charge is 2.51. The van der Waals surface area contributed by atoms with Crippen LogP contribution >= 0.6 is 22.6 Å². The Balaban J connectivity index is 2.04. The van der Waals surface area contributed by atoms with Crippen LogP contribution in [0.25, 0.3) is 10.8 Å². The number of hydrogen-bond donors (Lipinski definition) is 0. The molecule has 0 spiro atoms. The van der Waals surface area contributed by atoms with Crippen LogP contribution in [-0.4, -0.2) is 18.3 Å². The molecule has 0 unspecified atom stereocenters. The van der Waals surface area contributed by atoms with Gasteiger partial charge in [-0.3, -0.25) is 0 Å². The van der Waals surface area contributed by atoms with Gasteiger partial charge in [-0.25, -0.2) is 0 Å². The van der Waals surface area contributed by atoms with Crippen molar-refractivity contribution in [3.63, 3.8) is 0 Å². The van der Waals surface area contributed by atoms with Gasteiger partial charge in [0.1, 0.15) is 0 Å². The third-order valence-electron chi connectivity index (χ3n) is 4.36. The summed E-state index contributed by atoms with van der Waals surface area (Å²) in [7, 11) is -0.293. The fourth-order valence-corrected chi connectivity index (χ4v) is 3.25. The molecule has 2 aromatic carbocycles. The summed E-state index contributed by atoms with van der Waals surface area (Å²) < 4.78 is 13.5. The normalized spacial score (nSPS) is 20.6. The fourth-order valence-electron chi connectivity index (χ4n) is 2.40. The second kappa shape index (κ2) is 4.72. The monoisotopic (exact) mass is 380 g/mol. The van der Waals surface area contributed by atoms with Gasteiger partial charge in [0.25, 0.3) is 0 Å². The van der Waals surface area contributed by atoms with E-state index < -0.39 is 0 Å². The van der Waals surface area contributed by atoms with Crippen LogP contribution in [0.15, 0.2) is 36.4 Å². The van der Waals surface area contributed by atoms with Crippen molar-refractivity contribution in [3.05, 3.63) is 40.0 Å². The molecule has 0 N–H and O–H groups in total. The predicted molar refractivity (Wildman–Crippen MR) is 92.4 cm³/mol. The molecule has 2 nitrogen and oxygen atoms in total. The number of fused-ring (bicyclic) bond motifs is 1. The summed E-state index contributed by atoms with van der Waals surface area (Å²) in [6, 6.07) is 12.7. The van der Waals surface area contributed by atoms with Crippen LogP contribution in [0.3, 0.4) is 0 Å². The average Bonchev–Trinajstić information content (AvgIpc) is 2.58. The minimum atomic E-state index is -0.297. The summed E-state index contributed by atoms with van der Waals surface area (Å²) in [4.78, 5) is 0. The zero-order valence-electron chi connectivity index (χ0n) is 12.2. The lowest BCUT2D eigenvalue weighted by atomic mass is 9.78. The van der Waals surface area contributed by atoms with Gasteiger partial charge in [-0.1, -0.05) is 30.3 Å². The molecule has 0 amide bonds. The topological polar surface area (TPSA) is 18.5 Å². The molecule has 3 rings (SSSR count). The maximum atomic E-state index is 6.13. The van der Waals surface area contributed by atoms with Crippen LogP contribution in [0.1, 0.15) is 27.7 Å². The van der Waals surface area contributed by atoms with Gasteiger partial charge in [-0.15, -0.1) is 0 Å². The Hall–Kier alpha value is -0.585. The Morgan fingerprint density at radius 1 is 0.950 bits per heavy atom. The van der Waals surface area contributed by atoms with Crippen molar-refractivity contribution in [2.75, 3.05) is 0 Å². The van der Waals surface area contributed by atoms with Gasteiger partial charge < -0.3 is 9.31 Å². The maximum absolute atomic E-state index is 6.13. The van der Waals surface area contributed by atoms with E-state index in [4.69, 9.17) is 9.31 Å². The van der Waals surface area contributed by atoms with Crippen LogP contribution < -0.4 is 5.46 Å². The standard InChI is InChI=1S/C16H18BIO2/c1-15(2)16(3,4)20-17(19-15)12-9-11-7-5-6-8-13(11)14(18)10-12/h5-10H,1-4H3. The van der Waals surface area contributed by atoms with Gasteiger partial charge in [0.05, 0.1) is 11.2 Å². The Kier molecular flexibility index (Phi) is 3.38. The number of benzene rings is 2. The summed E-state index contributed by atoms with van der Waals surface area (Å²) in [5.41, 5.74) is 0.496. The first-order valence-electron chi connectivity index (χ1n) is 6.84. The van der Waals surface area contributed by atoms with Crippen molar-refractivity contribution in [3.8, 4) is 0 Å². The van der Waals surface area contributed by atoms with E-state index in [1.54, 1.807) is 0 Å². The molecule has 1 heterocycles. The van der Waals surface area contributed by atoms with Crippen molar-refractivity contribution in [1.82, 2.24) is 0 Å². The summed E-state index contributed by atoms with van der Waals surface area (Å²) in [6.07, 6.45) is 0. The number of halogens is 1. The molecule has 4 heteroatoms. The smallest absolute Gasteiger partial charge is 0.399 e. The molecule has 0 atom stereocenters. The van der Waals surface area contributed by atoms with Crippen LogP contribution in [0.5, 0.6) is 0 Å². The minimum absolute atomic E-state index is 0.293. The SMILES string of the molecule is CC1(C)OB(c2cc(I)c3ccccc3c2)OC1(C)C. The second-order valence-corrected chi connectivity index (χ2v) is 7.47. The highest BCUT2D eigenvalue weighted by Crippen LogP contribution is 2.36. The lowest BCUT2D eigenvalue weighted by molar-refractivity contribution is 0.00578. The Morgan fingerprint density at radius 2 is 1.55 bits per heavy atom. The molecule has 0 saturated carbocycles. The summed E-state index contributed by atoms with van der Waals surface area (Å²) in [5.74, 6) is 0. The summed E-state index contributed by atoms with van der Waals surface area (Å²) in [6.45, 7) is 8.33. The molecule has 1 fully saturated rings. The van der Waals surface area contributed by atoms with E-state index in [1.165, 1.54) is 14.3 Å². The molecule has 1 aliphatic heterocycles. The van der Waals surface area contributed by atoms with E-state index in [2.05, 4.69) is 86.7 Å². The van der Waals surface area contributed by atoms with Gasteiger partial charge >= 0.3 is 7.12 Å². The van der Waals surface area contributed by atoms with E-state index >= 15 is 0 Å². The summed E-state index contributed by atoms with van der Waals surface area (Å²) >= 11 is 2.38. The quantitative estimate of drug-likeness (QED) is 0.555. The van der Waals surface area contributed by atoms with Crippen LogP contribution in [0.2, 0.25) is 0 Å². The summed E-state index contributed by atoms with van der Waals surface area (Å²) in [5, 5.41) is 2.50. The third-order valence-corrected chi connectivity index (χ3v) is 5.25. The van der Waals surface area contributed by atoms with E-state index in [0.29, 0.717) is 0 Å². The van der Waals surface area contributed by atoms with Crippen molar-refractivity contribution < 1.29 is 9.31 Å². The van der Waals surface area contributed by atoms with Crippen LogP contribution in [0, 0.1) is 3.57 Å². The Labute approximate surface area is 134 Å². The van der Waals surface area contributed by atoms with Crippen LogP contribution in [0.4, 0.5) is 0 Å². The first-order valence-corrected chi connectivity index (χ1v) is 7.92. The van der Waals surface area contributed by atoms with E-state index in [9.17, 15) is 0 Å². The Bertz CT molecular complexity index is 651. The van der Waals surface area contributed by atoms with Gasteiger partial charge in [0, 0.05) is 3.57 Å². The Morgan fingerprint density at radius 3 is 2.20 bits per heavy atom. The minimum Gasteiger partial charge on any atom is -0.399 e. The van der Waals surface area contributed by atoms with Gasteiger partial charge in [0.15, 0.2) is 0 Å². The van der Waals surface area contributed by atoms with Gasteiger partial charge in [0.2, 0.25) is 0 Å². The first-order chi connectivity index (χ1) is 9.30. The highest BCUT2D eigenvalue weighted by molar-refractivity contribution is 14.1. The lowest BCUT2D eigenvalue weighted by Crippen LogP contribution is -2.41. The molecule has 20 heavy (non-hydrogen) atoms. The van der Waals surface area contributed by atoms with Gasteiger partial charge in [-0.2, -0.15) is 0 Å².